The van der Waals surface area contributed by atoms with Crippen molar-refractivity contribution in [3.8, 4) is 16.6 Å². The molecule has 1 amide bonds. The van der Waals surface area contributed by atoms with Gasteiger partial charge in [-0.3, -0.25) is 4.79 Å². The third-order valence-electron chi connectivity index (χ3n) is 3.66. The average molecular weight is 329 g/mol. The molecule has 2 aromatic rings. The van der Waals surface area contributed by atoms with Gasteiger partial charge in [-0.1, -0.05) is 30.3 Å². The fraction of sp³-hybridized carbons (Fsp3) is 0.312. The summed E-state index contributed by atoms with van der Waals surface area (Å²) in [7, 11) is 0. The van der Waals surface area contributed by atoms with Gasteiger partial charge in [-0.2, -0.15) is 17.0 Å². The van der Waals surface area contributed by atoms with Gasteiger partial charge in [0.15, 0.2) is 0 Å². The van der Waals surface area contributed by atoms with Crippen molar-refractivity contribution in [1.82, 2.24) is 10.3 Å². The van der Waals surface area contributed by atoms with Crippen molar-refractivity contribution in [2.75, 3.05) is 11.5 Å². The summed E-state index contributed by atoms with van der Waals surface area (Å²) in [6.45, 7) is 0. The minimum absolute atomic E-state index is 0.201. The Kier molecular flexibility index (Phi) is 4.46. The molecule has 6 heteroatoms. The average Bonchev–Trinajstić information content (AvgIpc) is 3.07. The second-order valence-corrected chi connectivity index (χ2v) is 7.41. The zero-order chi connectivity index (χ0) is 15.4. The number of hydrogen-bond acceptors (Lipinski definition) is 5. The number of carbonyl (C=O) groups excluding carboxylic acids is 1. The molecule has 0 saturated carbocycles. The zero-order valence-electron chi connectivity index (χ0n) is 11.9. The second kappa shape index (κ2) is 6.51. The van der Waals surface area contributed by atoms with Crippen LogP contribution in [0.1, 0.15) is 22.5 Å². The van der Waals surface area contributed by atoms with E-state index in [1.165, 1.54) is 11.3 Å². The van der Waals surface area contributed by atoms with Crippen LogP contribution in [0.5, 0.6) is 0 Å². The van der Waals surface area contributed by atoms with E-state index >= 15 is 0 Å². The molecule has 0 aliphatic carbocycles. The molecule has 2 heterocycles. The third-order valence-corrected chi connectivity index (χ3v) is 5.69. The molecule has 22 heavy (non-hydrogen) atoms. The quantitative estimate of drug-likeness (QED) is 0.938. The molecule has 4 nitrogen and oxygen atoms in total. The Morgan fingerprint density at radius 3 is 2.68 bits per heavy atom. The predicted octanol–water partition coefficient (Wildman–Crippen LogP) is 3.33. The molecule has 3 rings (SSSR count). The summed E-state index contributed by atoms with van der Waals surface area (Å²) < 4.78 is 0. The van der Waals surface area contributed by atoms with Crippen LogP contribution in [0.3, 0.4) is 0 Å². The van der Waals surface area contributed by atoms with Crippen LogP contribution in [0.2, 0.25) is 0 Å². The predicted molar refractivity (Wildman–Crippen MR) is 89.9 cm³/mol. The molecule has 0 unspecified atom stereocenters. The van der Waals surface area contributed by atoms with Crippen LogP contribution in [0.4, 0.5) is 0 Å². The lowest BCUT2D eigenvalue weighted by Gasteiger charge is -2.30. The topological polar surface area (TPSA) is 65.8 Å². The highest BCUT2D eigenvalue weighted by Crippen LogP contribution is 2.28. The highest BCUT2D eigenvalue weighted by molar-refractivity contribution is 7.99. The summed E-state index contributed by atoms with van der Waals surface area (Å²) in [5.41, 5.74) is 0.273. The molecular formula is C16H15N3OS2. The zero-order valence-corrected chi connectivity index (χ0v) is 13.5. The summed E-state index contributed by atoms with van der Waals surface area (Å²) in [4.78, 5) is 17.3. The number of hydrogen-bond donors (Lipinski definition) is 1. The second-order valence-electron chi connectivity index (χ2n) is 5.16. The Balaban J connectivity index is 1.76. The maximum atomic E-state index is 12.4. The molecule has 1 fully saturated rings. The maximum Gasteiger partial charge on any atom is 0.264 e. The first-order chi connectivity index (χ1) is 10.7. The molecule has 1 N–H and O–H groups in total. The van der Waals surface area contributed by atoms with Crippen LogP contribution in [-0.2, 0) is 0 Å². The van der Waals surface area contributed by atoms with Gasteiger partial charge >= 0.3 is 0 Å². The fourth-order valence-corrected chi connectivity index (χ4v) is 4.36. The molecule has 0 radical (unpaired) electrons. The highest BCUT2D eigenvalue weighted by atomic mass is 32.2. The normalized spacial score (nSPS) is 16.7. The van der Waals surface area contributed by atoms with Crippen LogP contribution in [-0.4, -0.2) is 27.9 Å². The van der Waals surface area contributed by atoms with E-state index in [-0.39, 0.29) is 5.91 Å². The lowest BCUT2D eigenvalue weighted by atomic mass is 9.94. The van der Waals surface area contributed by atoms with E-state index in [9.17, 15) is 10.1 Å². The number of rotatable bonds is 3. The van der Waals surface area contributed by atoms with Crippen LogP contribution in [0.25, 0.3) is 10.6 Å². The monoisotopic (exact) mass is 329 g/mol. The number of benzene rings is 1. The fourth-order valence-electron chi connectivity index (χ4n) is 2.36. The van der Waals surface area contributed by atoms with Gasteiger partial charge in [-0.25, -0.2) is 4.98 Å². The van der Waals surface area contributed by atoms with Gasteiger partial charge in [0.05, 0.1) is 12.3 Å². The molecule has 1 saturated heterocycles. The maximum absolute atomic E-state index is 12.4. The van der Waals surface area contributed by atoms with E-state index < -0.39 is 5.54 Å². The number of nitrogens with zero attached hydrogens (tertiary/aromatic N) is 2. The summed E-state index contributed by atoms with van der Waals surface area (Å²) in [5.74, 6) is 1.62. The smallest absolute Gasteiger partial charge is 0.264 e. The van der Waals surface area contributed by atoms with E-state index in [0.29, 0.717) is 17.7 Å². The lowest BCUT2D eigenvalue weighted by Crippen LogP contribution is -2.49. The van der Waals surface area contributed by atoms with Crippen LogP contribution < -0.4 is 5.32 Å². The van der Waals surface area contributed by atoms with Crippen LogP contribution >= 0.6 is 23.1 Å². The number of thioether (sulfide) groups is 1. The summed E-state index contributed by atoms with van der Waals surface area (Å²) in [6.07, 6.45) is 2.99. The molecule has 0 atom stereocenters. The first-order valence-electron chi connectivity index (χ1n) is 7.05. The van der Waals surface area contributed by atoms with Gasteiger partial charge in [-0.05, 0) is 24.3 Å². The first-order valence-corrected chi connectivity index (χ1v) is 9.02. The Labute approximate surface area is 137 Å². The van der Waals surface area contributed by atoms with Crippen molar-refractivity contribution in [3.05, 3.63) is 41.4 Å². The van der Waals surface area contributed by atoms with Crippen molar-refractivity contribution >= 4 is 29.0 Å². The van der Waals surface area contributed by atoms with Crippen molar-refractivity contribution in [2.24, 2.45) is 0 Å². The molecule has 1 aromatic carbocycles. The third kappa shape index (κ3) is 3.16. The molecule has 0 spiro atoms. The van der Waals surface area contributed by atoms with Crippen molar-refractivity contribution in [1.29, 1.82) is 5.26 Å². The van der Waals surface area contributed by atoms with Gasteiger partial charge in [0.25, 0.3) is 5.91 Å². The van der Waals surface area contributed by atoms with E-state index in [2.05, 4.69) is 16.4 Å². The van der Waals surface area contributed by atoms with Gasteiger partial charge in [0.2, 0.25) is 0 Å². The number of nitriles is 1. The molecule has 1 aliphatic rings. The van der Waals surface area contributed by atoms with Gasteiger partial charge in [0.1, 0.15) is 15.4 Å². The van der Waals surface area contributed by atoms with Gasteiger partial charge in [0, 0.05) is 5.56 Å². The van der Waals surface area contributed by atoms with Crippen molar-refractivity contribution in [2.45, 2.75) is 18.4 Å². The first kappa shape index (κ1) is 15.1. The Hall–Kier alpha value is -1.84. The molecule has 1 aliphatic heterocycles. The summed E-state index contributed by atoms with van der Waals surface area (Å²) in [6, 6.07) is 12.1. The van der Waals surface area contributed by atoms with Crippen molar-refractivity contribution < 1.29 is 4.79 Å². The number of aromatic nitrogens is 1. The van der Waals surface area contributed by atoms with E-state index in [1.807, 2.05) is 42.1 Å². The number of nitrogens with one attached hydrogen (secondary N) is 1. The summed E-state index contributed by atoms with van der Waals surface area (Å²) >= 11 is 3.18. The van der Waals surface area contributed by atoms with Gasteiger partial charge < -0.3 is 5.32 Å². The van der Waals surface area contributed by atoms with E-state index in [1.54, 1.807) is 6.20 Å². The highest BCUT2D eigenvalue weighted by Gasteiger charge is 2.34. The number of thiazole rings is 1. The molecule has 1 aromatic heterocycles. The number of carbonyl (C=O) groups is 1. The van der Waals surface area contributed by atoms with Crippen LogP contribution in [0, 0.1) is 11.3 Å². The lowest BCUT2D eigenvalue weighted by molar-refractivity contribution is 0.0919. The Morgan fingerprint density at radius 1 is 1.27 bits per heavy atom. The van der Waals surface area contributed by atoms with Crippen molar-refractivity contribution in [3.63, 3.8) is 0 Å². The number of amides is 1. The molecular weight excluding hydrogens is 314 g/mol. The minimum Gasteiger partial charge on any atom is -0.333 e. The van der Waals surface area contributed by atoms with Crippen LogP contribution in [0.15, 0.2) is 36.5 Å². The standard InChI is InChI=1S/C16H15N3OS2/c17-11-16(6-8-21-9-7-16)19-14(20)13-10-18-15(22-13)12-4-2-1-3-5-12/h1-5,10H,6-9H2,(H,19,20). The largest absolute Gasteiger partial charge is 0.333 e. The minimum atomic E-state index is -0.723. The van der Waals surface area contributed by atoms with E-state index in [0.717, 1.165) is 22.1 Å². The SMILES string of the molecule is N#CC1(NC(=O)c2cnc(-c3ccccc3)s2)CCSCC1. The van der Waals surface area contributed by atoms with E-state index in [4.69, 9.17) is 0 Å². The molecule has 112 valence electrons. The Bertz CT molecular complexity index is 700. The molecule has 0 bridgehead atoms. The summed E-state index contributed by atoms with van der Waals surface area (Å²) in [5, 5.41) is 13.2. The Morgan fingerprint density at radius 2 is 2.00 bits per heavy atom. The van der Waals surface area contributed by atoms with Gasteiger partial charge in [-0.15, -0.1) is 11.3 Å².